The molecule has 2 fully saturated rings. The van der Waals surface area contributed by atoms with Crippen molar-refractivity contribution in [1.29, 1.82) is 0 Å². The fraction of sp³-hybridized carbons (Fsp3) is 0.438. The number of benzene rings is 1. The van der Waals surface area contributed by atoms with Gasteiger partial charge in [0.1, 0.15) is 11.5 Å². The highest BCUT2D eigenvalue weighted by Gasteiger charge is 2.41. The van der Waals surface area contributed by atoms with Crippen LogP contribution in [0.25, 0.3) is 0 Å². The van der Waals surface area contributed by atoms with Gasteiger partial charge in [0, 0.05) is 19.2 Å². The Labute approximate surface area is 144 Å². The van der Waals surface area contributed by atoms with Crippen molar-refractivity contribution in [2.45, 2.75) is 12.5 Å². The number of methoxy groups -OCH3 is 2. The van der Waals surface area contributed by atoms with Crippen LogP contribution in [-0.4, -0.2) is 67.8 Å². The summed E-state index contributed by atoms with van der Waals surface area (Å²) in [6.45, 7) is 0.474. The Hall–Kier alpha value is -2.97. The number of cyclic esters (lactones) is 1. The minimum atomic E-state index is -0.644. The Morgan fingerprint density at radius 3 is 2.72 bits per heavy atom. The lowest BCUT2D eigenvalue weighted by Crippen LogP contribution is -2.42. The van der Waals surface area contributed by atoms with Crippen LogP contribution in [0.1, 0.15) is 6.42 Å². The zero-order valence-electron chi connectivity index (χ0n) is 14.0. The van der Waals surface area contributed by atoms with E-state index in [0.717, 1.165) is 4.90 Å². The van der Waals surface area contributed by atoms with Crippen molar-refractivity contribution in [3.63, 3.8) is 0 Å². The molecule has 0 saturated carbocycles. The number of ether oxygens (including phenoxy) is 3. The minimum absolute atomic E-state index is 0.232. The molecule has 0 aromatic heterocycles. The number of amides is 4. The quantitative estimate of drug-likeness (QED) is 0.880. The van der Waals surface area contributed by atoms with Gasteiger partial charge in [0.15, 0.2) is 6.61 Å². The second-order valence-corrected chi connectivity index (χ2v) is 5.70. The third-order valence-electron chi connectivity index (χ3n) is 4.25. The summed E-state index contributed by atoms with van der Waals surface area (Å²) < 4.78 is 15.1. The second kappa shape index (κ2) is 6.88. The normalized spacial score (nSPS) is 19.8. The number of nitrogens with zero attached hydrogens (tertiary/aromatic N) is 2. The van der Waals surface area contributed by atoms with Gasteiger partial charge in [0.05, 0.1) is 25.9 Å². The largest absolute Gasteiger partial charge is 0.497 e. The van der Waals surface area contributed by atoms with Crippen molar-refractivity contribution >= 4 is 23.7 Å². The Bertz CT molecular complexity index is 691. The van der Waals surface area contributed by atoms with Crippen LogP contribution in [0.15, 0.2) is 18.2 Å². The van der Waals surface area contributed by atoms with E-state index in [0.29, 0.717) is 30.2 Å². The van der Waals surface area contributed by atoms with Gasteiger partial charge in [-0.05, 0) is 18.6 Å². The van der Waals surface area contributed by atoms with E-state index in [1.807, 2.05) is 0 Å². The lowest BCUT2D eigenvalue weighted by Gasteiger charge is -2.21. The number of likely N-dealkylation sites (tertiary alicyclic amines) is 1. The van der Waals surface area contributed by atoms with E-state index in [1.54, 1.807) is 30.2 Å². The molecule has 1 aromatic rings. The van der Waals surface area contributed by atoms with E-state index in [-0.39, 0.29) is 31.1 Å². The molecule has 2 aliphatic heterocycles. The van der Waals surface area contributed by atoms with Crippen molar-refractivity contribution < 1.29 is 28.6 Å². The topological polar surface area (TPSA) is 97.4 Å². The number of hydrogen-bond donors (Lipinski definition) is 1. The van der Waals surface area contributed by atoms with Crippen LogP contribution in [0.3, 0.4) is 0 Å². The molecular weight excluding hydrogens is 330 g/mol. The Kier molecular flexibility index (Phi) is 4.64. The monoisotopic (exact) mass is 349 g/mol. The molecule has 134 valence electrons. The van der Waals surface area contributed by atoms with Gasteiger partial charge in [0.2, 0.25) is 0 Å². The molecule has 1 N–H and O–H groups in total. The van der Waals surface area contributed by atoms with Crippen LogP contribution in [0.2, 0.25) is 0 Å². The summed E-state index contributed by atoms with van der Waals surface area (Å²) in [5, 5.41) is 2.78. The van der Waals surface area contributed by atoms with Crippen LogP contribution >= 0.6 is 0 Å². The molecule has 0 aliphatic carbocycles. The van der Waals surface area contributed by atoms with E-state index in [2.05, 4.69) is 5.32 Å². The number of imide groups is 1. The van der Waals surface area contributed by atoms with E-state index < -0.39 is 6.09 Å². The summed E-state index contributed by atoms with van der Waals surface area (Å²) in [4.78, 5) is 38.5. The van der Waals surface area contributed by atoms with Gasteiger partial charge in [-0.25, -0.2) is 14.5 Å². The first-order valence-electron chi connectivity index (χ1n) is 7.80. The first-order valence-corrected chi connectivity index (χ1v) is 7.80. The summed E-state index contributed by atoms with van der Waals surface area (Å²) in [6, 6.07) is 4.38. The van der Waals surface area contributed by atoms with Crippen LogP contribution < -0.4 is 14.8 Å². The Morgan fingerprint density at radius 2 is 2.08 bits per heavy atom. The standard InChI is InChI=1S/C16H19N3O6/c1-23-11-3-4-12(13(7-11)24-2)17-15(21)18-6-5-10(8-18)19-14(20)9-25-16(19)22/h3-4,7,10H,5-6,8-9H2,1-2H3,(H,17,21)/t10-/m0/s1. The summed E-state index contributed by atoms with van der Waals surface area (Å²) in [7, 11) is 3.04. The van der Waals surface area contributed by atoms with Gasteiger partial charge in [-0.15, -0.1) is 0 Å². The predicted molar refractivity (Wildman–Crippen MR) is 86.7 cm³/mol. The lowest BCUT2D eigenvalue weighted by molar-refractivity contribution is -0.127. The summed E-state index contributed by atoms with van der Waals surface area (Å²) in [5.41, 5.74) is 0.508. The van der Waals surface area contributed by atoms with Gasteiger partial charge in [0.25, 0.3) is 5.91 Å². The van der Waals surface area contributed by atoms with Crippen LogP contribution in [-0.2, 0) is 9.53 Å². The maximum atomic E-state index is 12.5. The van der Waals surface area contributed by atoms with E-state index in [9.17, 15) is 14.4 Å². The zero-order valence-corrected chi connectivity index (χ0v) is 14.0. The smallest absolute Gasteiger partial charge is 0.417 e. The average molecular weight is 349 g/mol. The number of urea groups is 1. The molecule has 2 saturated heterocycles. The second-order valence-electron chi connectivity index (χ2n) is 5.70. The fourth-order valence-corrected chi connectivity index (χ4v) is 2.95. The molecule has 25 heavy (non-hydrogen) atoms. The van der Waals surface area contributed by atoms with Crippen molar-refractivity contribution in [1.82, 2.24) is 9.80 Å². The first kappa shape index (κ1) is 16.9. The Balaban J connectivity index is 1.65. The van der Waals surface area contributed by atoms with E-state index in [1.165, 1.54) is 7.11 Å². The molecule has 0 unspecified atom stereocenters. The van der Waals surface area contributed by atoms with Crippen molar-refractivity contribution in [2.75, 3.05) is 39.2 Å². The SMILES string of the molecule is COc1ccc(NC(=O)N2CC[C@H](N3C(=O)COC3=O)C2)c(OC)c1. The van der Waals surface area contributed by atoms with Crippen molar-refractivity contribution in [3.05, 3.63) is 18.2 Å². The van der Waals surface area contributed by atoms with Gasteiger partial charge >= 0.3 is 12.1 Å². The highest BCUT2D eigenvalue weighted by atomic mass is 16.6. The molecular formula is C16H19N3O6. The molecule has 2 aliphatic rings. The molecule has 1 aromatic carbocycles. The molecule has 2 heterocycles. The molecule has 0 bridgehead atoms. The maximum absolute atomic E-state index is 12.5. The maximum Gasteiger partial charge on any atom is 0.417 e. The highest BCUT2D eigenvalue weighted by molar-refractivity contribution is 5.98. The average Bonchev–Trinajstić information content (AvgIpc) is 3.21. The molecule has 3 rings (SSSR count). The fourth-order valence-electron chi connectivity index (χ4n) is 2.95. The summed E-state index contributed by atoms with van der Waals surface area (Å²) in [5.74, 6) is 0.720. The molecule has 0 spiro atoms. The number of nitrogens with one attached hydrogen (secondary N) is 1. The lowest BCUT2D eigenvalue weighted by atomic mass is 10.2. The molecule has 4 amide bonds. The number of hydrogen-bond acceptors (Lipinski definition) is 6. The molecule has 1 atom stereocenters. The zero-order chi connectivity index (χ0) is 18.0. The van der Waals surface area contributed by atoms with Crippen LogP contribution in [0, 0.1) is 0 Å². The van der Waals surface area contributed by atoms with Gasteiger partial charge in [-0.1, -0.05) is 0 Å². The number of carbonyl (C=O) groups excluding carboxylic acids is 3. The van der Waals surface area contributed by atoms with Crippen molar-refractivity contribution in [3.8, 4) is 11.5 Å². The Morgan fingerprint density at radius 1 is 1.28 bits per heavy atom. The molecule has 9 nitrogen and oxygen atoms in total. The van der Waals surface area contributed by atoms with Gasteiger partial charge in [-0.3, -0.25) is 4.79 Å². The van der Waals surface area contributed by atoms with E-state index >= 15 is 0 Å². The minimum Gasteiger partial charge on any atom is -0.497 e. The summed E-state index contributed by atoms with van der Waals surface area (Å²) in [6.07, 6.45) is -0.123. The van der Waals surface area contributed by atoms with Gasteiger partial charge < -0.3 is 24.4 Å². The number of rotatable bonds is 4. The van der Waals surface area contributed by atoms with Crippen molar-refractivity contribution in [2.24, 2.45) is 0 Å². The molecule has 0 radical (unpaired) electrons. The predicted octanol–water partition coefficient (Wildman–Crippen LogP) is 1.29. The van der Waals surface area contributed by atoms with E-state index in [4.69, 9.17) is 14.2 Å². The molecule has 9 heteroatoms. The highest BCUT2D eigenvalue weighted by Crippen LogP contribution is 2.29. The first-order chi connectivity index (χ1) is 12.0. The third kappa shape index (κ3) is 3.30. The number of anilines is 1. The summed E-state index contributed by atoms with van der Waals surface area (Å²) >= 11 is 0. The van der Waals surface area contributed by atoms with Crippen LogP contribution in [0.4, 0.5) is 15.3 Å². The van der Waals surface area contributed by atoms with Gasteiger partial charge in [-0.2, -0.15) is 0 Å². The van der Waals surface area contributed by atoms with Crippen LogP contribution in [0.5, 0.6) is 11.5 Å². The number of carbonyl (C=O) groups is 3. The third-order valence-corrected chi connectivity index (χ3v) is 4.25.